The summed E-state index contributed by atoms with van der Waals surface area (Å²) in [5.41, 5.74) is 11.4. The van der Waals surface area contributed by atoms with Crippen LogP contribution >= 0.6 is 0 Å². The molecule has 45 heavy (non-hydrogen) atoms. The number of esters is 2. The van der Waals surface area contributed by atoms with E-state index in [1.807, 2.05) is 47.1 Å². The van der Waals surface area contributed by atoms with Crippen molar-refractivity contribution < 1.29 is 45.5 Å². The van der Waals surface area contributed by atoms with Gasteiger partial charge in [0.05, 0.1) is 33.1 Å². The van der Waals surface area contributed by atoms with E-state index < -0.39 is 18.0 Å². The molecule has 1 heterocycles. The number of halogens is 1. The number of primary amides is 1. The van der Waals surface area contributed by atoms with Crippen molar-refractivity contribution in [3.05, 3.63) is 46.3 Å². The Labute approximate surface area is 273 Å². The summed E-state index contributed by atoms with van der Waals surface area (Å²) in [6, 6.07) is 5.66. The van der Waals surface area contributed by atoms with E-state index in [9.17, 15) is 19.2 Å². The zero-order valence-electron chi connectivity index (χ0n) is 27.9. The molecule has 1 atom stereocenters. The molecule has 3 N–H and O–H groups in total. The van der Waals surface area contributed by atoms with E-state index in [2.05, 4.69) is 23.7 Å². The average Bonchev–Trinajstić information content (AvgIpc) is 3.12. The highest BCUT2D eigenvalue weighted by Gasteiger charge is 2.36. The number of hydrogen-bond acceptors (Lipinski definition) is 7. The number of fused-ring (bicyclic) bond motifs is 1. The number of carbonyl (C=O) groups is 4. The summed E-state index contributed by atoms with van der Waals surface area (Å²) in [5.74, 6) is -1.12. The van der Waals surface area contributed by atoms with Gasteiger partial charge in [-0.3, -0.25) is 19.2 Å². The van der Waals surface area contributed by atoms with E-state index in [0.717, 1.165) is 47.5 Å². The monoisotopic (exact) mass is 644 g/mol. The van der Waals surface area contributed by atoms with Crippen molar-refractivity contribution >= 4 is 29.3 Å². The maximum atomic E-state index is 13.1. The standard InChI is InChI=1S/C34H48N4O6.ClH/c1-20-21(2)37(29-17-34(4,5)18-30(40)32(20)29)24-11-14-27(33(35)42)28(15-24)36-23-9-12-25(13-10-23)44-31(41)16-26(43-22(3)39)19-38(6,7)8;/h11,14-15,23,25-26H,9-10,12-13,16-19H2,1-8H3,(H2-,35,36,42);1H/t23-,25-,26?;. The second-order valence-electron chi connectivity index (χ2n) is 14.4. The first-order chi connectivity index (χ1) is 20.4. The Morgan fingerprint density at radius 1 is 1.09 bits per heavy atom. The van der Waals surface area contributed by atoms with Crippen LogP contribution in [0.2, 0.25) is 0 Å². The molecule has 2 aliphatic rings. The van der Waals surface area contributed by atoms with Gasteiger partial charge in [-0.25, -0.2) is 0 Å². The van der Waals surface area contributed by atoms with E-state index in [1.165, 1.54) is 6.92 Å². The number of nitrogens with one attached hydrogen (secondary N) is 1. The van der Waals surface area contributed by atoms with Gasteiger partial charge >= 0.3 is 11.9 Å². The van der Waals surface area contributed by atoms with Gasteiger partial charge in [0.2, 0.25) is 0 Å². The SMILES string of the molecule is CC(=O)OC(CC(=O)O[C@H]1CC[C@H](Nc2cc(-n3c(C)c(C)c4c3CC(C)(C)CC4=O)ccc2C(N)=O)CC1)C[N+](C)(C)C.[Cl-]. The van der Waals surface area contributed by atoms with Crippen LogP contribution in [0.15, 0.2) is 18.2 Å². The number of ketones is 1. The number of anilines is 1. The Morgan fingerprint density at radius 3 is 2.31 bits per heavy atom. The van der Waals surface area contributed by atoms with Gasteiger partial charge < -0.3 is 42.0 Å². The largest absolute Gasteiger partial charge is 1.00 e. The molecule has 4 rings (SSSR count). The quantitative estimate of drug-likeness (QED) is 0.297. The molecule has 0 radical (unpaired) electrons. The summed E-state index contributed by atoms with van der Waals surface area (Å²) in [7, 11) is 5.93. The topological polar surface area (TPSA) is 130 Å². The summed E-state index contributed by atoms with van der Waals surface area (Å²) in [6.45, 7) is 10.1. The third kappa shape index (κ3) is 8.88. The predicted octanol–water partition coefficient (Wildman–Crippen LogP) is 1.65. The van der Waals surface area contributed by atoms with Crippen LogP contribution in [0.5, 0.6) is 0 Å². The van der Waals surface area contributed by atoms with Gasteiger partial charge in [0, 0.05) is 47.7 Å². The normalized spacial score (nSPS) is 20.0. The van der Waals surface area contributed by atoms with Crippen molar-refractivity contribution in [2.75, 3.05) is 33.0 Å². The van der Waals surface area contributed by atoms with Gasteiger partial charge in [-0.15, -0.1) is 0 Å². The fourth-order valence-corrected chi connectivity index (χ4v) is 6.76. The van der Waals surface area contributed by atoms with Gasteiger partial charge in [-0.1, -0.05) is 13.8 Å². The number of rotatable bonds is 10. The first-order valence-corrected chi connectivity index (χ1v) is 15.6. The van der Waals surface area contributed by atoms with E-state index >= 15 is 0 Å². The summed E-state index contributed by atoms with van der Waals surface area (Å²) in [4.78, 5) is 49.8. The lowest BCUT2D eigenvalue weighted by Crippen LogP contribution is -3.00. The number of nitrogens with two attached hydrogens (primary N) is 1. The minimum Gasteiger partial charge on any atom is -1.00 e. The molecule has 2 aliphatic carbocycles. The molecule has 0 aliphatic heterocycles. The highest BCUT2D eigenvalue weighted by atomic mass is 35.5. The van der Waals surface area contributed by atoms with Crippen LogP contribution in [0.3, 0.4) is 0 Å². The average molecular weight is 645 g/mol. The van der Waals surface area contributed by atoms with Gasteiger partial charge in [0.1, 0.15) is 12.6 Å². The molecule has 11 heteroatoms. The molecule has 1 fully saturated rings. The zero-order chi connectivity index (χ0) is 32.6. The Hall–Kier alpha value is -3.37. The number of ether oxygens (including phenoxy) is 2. The van der Waals surface area contributed by atoms with Crippen LogP contribution in [0.4, 0.5) is 5.69 Å². The lowest BCUT2D eigenvalue weighted by molar-refractivity contribution is -0.873. The molecule has 1 unspecified atom stereocenters. The first kappa shape index (κ1) is 36.1. The smallest absolute Gasteiger partial charge is 0.310 e. The van der Waals surface area contributed by atoms with Crippen LogP contribution in [-0.4, -0.2) is 78.6 Å². The molecule has 248 valence electrons. The van der Waals surface area contributed by atoms with Crippen LogP contribution in [0, 0.1) is 19.3 Å². The molecule has 2 aromatic rings. The number of Topliss-reactive ketones (excluding diaryl/α,β-unsaturated/α-hetero) is 1. The summed E-state index contributed by atoms with van der Waals surface area (Å²) >= 11 is 0. The van der Waals surface area contributed by atoms with Gasteiger partial charge in [-0.05, 0) is 75.1 Å². The highest BCUT2D eigenvalue weighted by molar-refractivity contribution is 6.01. The van der Waals surface area contributed by atoms with Crippen LogP contribution < -0.4 is 23.5 Å². The van der Waals surface area contributed by atoms with Crippen molar-refractivity contribution in [3.8, 4) is 5.69 Å². The minimum atomic E-state index is -0.542. The zero-order valence-corrected chi connectivity index (χ0v) is 28.7. The van der Waals surface area contributed by atoms with Gasteiger partial charge in [0.15, 0.2) is 11.9 Å². The molecular formula is C34H49ClN4O6. The third-order valence-electron chi connectivity index (χ3n) is 8.71. The number of quaternary nitrogens is 1. The van der Waals surface area contributed by atoms with Crippen LogP contribution in [0.1, 0.15) is 97.0 Å². The number of aromatic nitrogens is 1. The van der Waals surface area contributed by atoms with E-state index in [4.69, 9.17) is 15.2 Å². The highest BCUT2D eigenvalue weighted by Crippen LogP contribution is 2.40. The molecule has 1 amide bonds. The Morgan fingerprint density at radius 2 is 1.73 bits per heavy atom. The lowest BCUT2D eigenvalue weighted by atomic mass is 9.75. The Bertz CT molecular complexity index is 1450. The maximum Gasteiger partial charge on any atom is 0.310 e. The molecular weight excluding hydrogens is 596 g/mol. The van der Waals surface area contributed by atoms with Crippen LogP contribution in [0.25, 0.3) is 5.69 Å². The fraction of sp³-hybridized carbons (Fsp3) is 0.588. The third-order valence-corrected chi connectivity index (χ3v) is 8.71. The van der Waals surface area contributed by atoms with Gasteiger partial charge in [-0.2, -0.15) is 0 Å². The molecule has 1 aromatic heterocycles. The number of hydrogen-bond donors (Lipinski definition) is 2. The summed E-state index contributed by atoms with van der Waals surface area (Å²) in [6.07, 6.45) is 3.39. The van der Waals surface area contributed by atoms with Crippen molar-refractivity contribution in [2.45, 2.75) is 97.8 Å². The fourth-order valence-electron chi connectivity index (χ4n) is 6.76. The van der Waals surface area contributed by atoms with Crippen molar-refractivity contribution in [2.24, 2.45) is 11.1 Å². The molecule has 10 nitrogen and oxygen atoms in total. The Balaban J connectivity index is 0.00000552. The molecule has 0 saturated heterocycles. The van der Waals surface area contributed by atoms with E-state index in [0.29, 0.717) is 41.5 Å². The van der Waals surface area contributed by atoms with Crippen molar-refractivity contribution in [1.82, 2.24) is 4.57 Å². The molecule has 1 saturated carbocycles. The van der Waals surface area contributed by atoms with E-state index in [1.54, 1.807) is 6.07 Å². The number of carbonyl (C=O) groups excluding carboxylic acids is 4. The second kappa shape index (κ2) is 14.0. The van der Waals surface area contributed by atoms with Crippen LogP contribution in [-0.2, 0) is 25.5 Å². The predicted molar refractivity (Wildman–Crippen MR) is 169 cm³/mol. The minimum absolute atomic E-state index is 0. The number of amides is 1. The maximum absolute atomic E-state index is 13.1. The Kier molecular flexibility index (Phi) is 11.2. The van der Waals surface area contributed by atoms with E-state index in [-0.39, 0.29) is 48.1 Å². The van der Waals surface area contributed by atoms with Crippen molar-refractivity contribution in [3.63, 3.8) is 0 Å². The number of nitrogens with zero attached hydrogens (tertiary/aromatic N) is 2. The number of likely N-dealkylation sites (N-methyl/N-ethyl adjacent to an activating group) is 1. The van der Waals surface area contributed by atoms with Gasteiger partial charge in [0.25, 0.3) is 5.91 Å². The molecule has 0 bridgehead atoms. The number of benzene rings is 1. The summed E-state index contributed by atoms with van der Waals surface area (Å²) < 4.78 is 13.9. The molecule has 0 spiro atoms. The second-order valence-corrected chi connectivity index (χ2v) is 14.4. The first-order valence-electron chi connectivity index (χ1n) is 15.6. The summed E-state index contributed by atoms with van der Waals surface area (Å²) in [5, 5.41) is 3.54. The lowest BCUT2D eigenvalue weighted by Gasteiger charge is -2.31. The van der Waals surface area contributed by atoms with Crippen molar-refractivity contribution in [1.29, 1.82) is 0 Å². The molecule has 1 aromatic carbocycles.